The van der Waals surface area contributed by atoms with Crippen LogP contribution in [0.5, 0.6) is 0 Å². The monoisotopic (exact) mass is 734 g/mol. The lowest BCUT2D eigenvalue weighted by molar-refractivity contribution is -0.137. The van der Waals surface area contributed by atoms with E-state index < -0.39 is 11.7 Å². The summed E-state index contributed by atoms with van der Waals surface area (Å²) in [6, 6.07) is 64.6. The summed E-state index contributed by atoms with van der Waals surface area (Å²) in [7, 11) is 0. The van der Waals surface area contributed by atoms with Gasteiger partial charge in [0, 0.05) is 34.1 Å². The van der Waals surface area contributed by atoms with Crippen LogP contribution in [0.2, 0.25) is 0 Å². The molecule has 8 aromatic carbocycles. The number of hydrogen-bond acceptors (Lipinski definition) is 2. The minimum atomic E-state index is -4.39. The van der Waals surface area contributed by atoms with E-state index in [-0.39, 0.29) is 0 Å². The van der Waals surface area contributed by atoms with Crippen molar-refractivity contribution in [3.8, 4) is 33.4 Å². The van der Waals surface area contributed by atoms with E-state index in [2.05, 4.69) is 133 Å². The molecule has 56 heavy (non-hydrogen) atoms. The van der Waals surface area contributed by atoms with Gasteiger partial charge in [0.2, 0.25) is 0 Å². The predicted molar refractivity (Wildman–Crippen MR) is 225 cm³/mol. The summed E-state index contributed by atoms with van der Waals surface area (Å²) in [6.07, 6.45) is -3.50. The minimum absolute atomic E-state index is 0.649. The highest BCUT2D eigenvalue weighted by atomic mass is 19.4. The quantitative estimate of drug-likeness (QED) is 0.153. The maximum Gasteiger partial charge on any atom is 0.416 e. The zero-order valence-electron chi connectivity index (χ0n) is 30.7. The van der Waals surface area contributed by atoms with Crippen LogP contribution in [0.1, 0.15) is 22.3 Å². The molecule has 0 aromatic heterocycles. The van der Waals surface area contributed by atoms with Gasteiger partial charge < -0.3 is 9.80 Å². The van der Waals surface area contributed by atoms with Gasteiger partial charge in [-0.2, -0.15) is 13.2 Å². The Labute approximate surface area is 325 Å². The van der Waals surface area contributed by atoms with Gasteiger partial charge in [0.15, 0.2) is 0 Å². The molecule has 0 heterocycles. The average Bonchev–Trinajstić information content (AvgIpc) is 3.60. The molecule has 5 heteroatoms. The molecule has 0 spiro atoms. The van der Waals surface area contributed by atoms with Crippen LogP contribution in [0.3, 0.4) is 0 Å². The first-order valence-corrected chi connectivity index (χ1v) is 18.7. The smallest absolute Gasteiger partial charge is 0.311 e. The van der Waals surface area contributed by atoms with Gasteiger partial charge in [-0.1, -0.05) is 103 Å². The normalized spacial score (nSPS) is 11.9. The van der Waals surface area contributed by atoms with E-state index in [1.165, 1.54) is 45.5 Å². The molecule has 1 aliphatic carbocycles. The molecule has 0 saturated heterocycles. The second kappa shape index (κ2) is 14.4. The number of fused-ring (bicyclic) bond motifs is 3. The van der Waals surface area contributed by atoms with E-state index in [1.807, 2.05) is 53.4 Å². The summed E-state index contributed by atoms with van der Waals surface area (Å²) in [5.41, 5.74) is 15.9. The van der Waals surface area contributed by atoms with Crippen molar-refractivity contribution in [2.45, 2.75) is 19.5 Å². The Hall–Kier alpha value is -6.85. The van der Waals surface area contributed by atoms with Gasteiger partial charge in [0.25, 0.3) is 0 Å². The van der Waals surface area contributed by atoms with Crippen molar-refractivity contribution >= 4 is 34.1 Å². The Morgan fingerprint density at radius 3 is 1.11 bits per heavy atom. The molecule has 0 bridgehead atoms. The molecule has 0 fully saturated rings. The lowest BCUT2D eigenvalue weighted by atomic mass is 9.96. The maximum atomic E-state index is 13.4. The number of aryl methyl sites for hydroxylation is 1. The summed E-state index contributed by atoms with van der Waals surface area (Å²) in [6.45, 7) is 2.11. The second-order valence-electron chi connectivity index (χ2n) is 14.2. The molecule has 2 nitrogen and oxygen atoms in total. The average molecular weight is 735 g/mol. The van der Waals surface area contributed by atoms with Crippen LogP contribution in [-0.4, -0.2) is 0 Å². The summed E-state index contributed by atoms with van der Waals surface area (Å²) in [4.78, 5) is 4.25. The van der Waals surface area contributed by atoms with Gasteiger partial charge in [-0.05, 0) is 155 Å². The lowest BCUT2D eigenvalue weighted by Gasteiger charge is -2.26. The summed E-state index contributed by atoms with van der Waals surface area (Å²) < 4.78 is 40.1. The third kappa shape index (κ3) is 6.84. The number of para-hydroxylation sites is 2. The van der Waals surface area contributed by atoms with Crippen LogP contribution < -0.4 is 9.80 Å². The van der Waals surface area contributed by atoms with Crippen molar-refractivity contribution in [2.24, 2.45) is 0 Å². The van der Waals surface area contributed by atoms with Crippen LogP contribution in [0, 0.1) is 6.92 Å². The van der Waals surface area contributed by atoms with Gasteiger partial charge in [-0.25, -0.2) is 0 Å². The van der Waals surface area contributed by atoms with Gasteiger partial charge in [-0.15, -0.1) is 0 Å². The van der Waals surface area contributed by atoms with Crippen molar-refractivity contribution in [1.29, 1.82) is 0 Å². The molecule has 0 saturated carbocycles. The van der Waals surface area contributed by atoms with Crippen molar-refractivity contribution < 1.29 is 13.2 Å². The van der Waals surface area contributed by atoms with E-state index in [1.54, 1.807) is 0 Å². The predicted octanol–water partition coefficient (Wildman–Crippen LogP) is 14.9. The molecule has 8 aromatic rings. The number of hydrogen-bond donors (Lipinski definition) is 0. The largest absolute Gasteiger partial charge is 0.416 e. The first kappa shape index (κ1) is 34.9. The number of nitrogens with zero attached hydrogens (tertiary/aromatic N) is 2. The molecule has 272 valence electrons. The van der Waals surface area contributed by atoms with Gasteiger partial charge in [0.1, 0.15) is 0 Å². The lowest BCUT2D eigenvalue weighted by Crippen LogP contribution is -2.11. The molecular formula is C51H37F3N2. The third-order valence-corrected chi connectivity index (χ3v) is 10.6. The van der Waals surface area contributed by atoms with Crippen LogP contribution in [0.15, 0.2) is 194 Å². The van der Waals surface area contributed by atoms with E-state index >= 15 is 0 Å². The highest BCUT2D eigenvalue weighted by Gasteiger charge is 2.30. The SMILES string of the molecule is Cc1ccc(N(c2ccccc2)c2ccc(-c3ccc4c(c3)-c3cc(-c5ccc(N(c6ccccc6)c6ccc(C(F)(F)F)cc6)cc5)ccc3C4)cc2)cc1. The number of anilines is 6. The fourth-order valence-electron chi connectivity index (χ4n) is 7.67. The Kier molecular flexibility index (Phi) is 8.99. The highest BCUT2D eigenvalue weighted by Crippen LogP contribution is 2.43. The zero-order chi connectivity index (χ0) is 38.2. The Bertz CT molecular complexity index is 2620. The number of alkyl halides is 3. The van der Waals surface area contributed by atoms with Crippen LogP contribution in [0.25, 0.3) is 33.4 Å². The van der Waals surface area contributed by atoms with E-state index in [0.29, 0.717) is 5.69 Å². The first-order chi connectivity index (χ1) is 27.3. The minimum Gasteiger partial charge on any atom is -0.311 e. The van der Waals surface area contributed by atoms with E-state index in [9.17, 15) is 13.2 Å². The molecule has 0 atom stereocenters. The summed E-state index contributed by atoms with van der Waals surface area (Å²) >= 11 is 0. The topological polar surface area (TPSA) is 6.48 Å². The molecule has 0 aliphatic heterocycles. The molecule has 0 unspecified atom stereocenters. The fraction of sp³-hybridized carbons (Fsp3) is 0.0588. The summed E-state index contributed by atoms with van der Waals surface area (Å²) in [5, 5.41) is 0. The number of halogens is 3. The van der Waals surface area contributed by atoms with Crippen LogP contribution in [0.4, 0.5) is 47.3 Å². The second-order valence-corrected chi connectivity index (χ2v) is 14.2. The molecule has 0 amide bonds. The van der Waals surface area contributed by atoms with Crippen molar-refractivity contribution in [3.05, 3.63) is 216 Å². The van der Waals surface area contributed by atoms with Crippen molar-refractivity contribution in [2.75, 3.05) is 9.80 Å². The van der Waals surface area contributed by atoms with Gasteiger partial charge >= 0.3 is 6.18 Å². The first-order valence-electron chi connectivity index (χ1n) is 18.7. The van der Waals surface area contributed by atoms with Crippen molar-refractivity contribution in [1.82, 2.24) is 0 Å². The van der Waals surface area contributed by atoms with E-state index in [0.717, 1.165) is 63.7 Å². The van der Waals surface area contributed by atoms with E-state index in [4.69, 9.17) is 0 Å². The maximum absolute atomic E-state index is 13.4. The number of rotatable bonds is 8. The highest BCUT2D eigenvalue weighted by molar-refractivity contribution is 5.86. The molecular weight excluding hydrogens is 698 g/mol. The number of benzene rings is 8. The van der Waals surface area contributed by atoms with Crippen molar-refractivity contribution in [3.63, 3.8) is 0 Å². The molecule has 1 aliphatic rings. The Morgan fingerprint density at radius 1 is 0.375 bits per heavy atom. The van der Waals surface area contributed by atoms with Gasteiger partial charge in [0.05, 0.1) is 5.56 Å². The Morgan fingerprint density at radius 2 is 0.714 bits per heavy atom. The fourth-order valence-corrected chi connectivity index (χ4v) is 7.67. The molecule has 9 rings (SSSR count). The molecule has 0 N–H and O–H groups in total. The third-order valence-electron chi connectivity index (χ3n) is 10.6. The zero-order valence-corrected chi connectivity index (χ0v) is 30.7. The van der Waals surface area contributed by atoms with Crippen LogP contribution >= 0.6 is 0 Å². The van der Waals surface area contributed by atoms with Crippen LogP contribution in [-0.2, 0) is 12.6 Å². The standard InChI is InChI=1S/C51H37F3N2/c1-35-12-24-45(25-13-35)55(43-8-4-2-5-9-43)46-26-18-36(19-27-46)38-14-16-40-32-41-17-15-39(34-50(41)49(40)33-38)37-20-28-47(29-21-37)56(44-10-6-3-7-11-44)48-30-22-42(23-31-48)51(52,53)54/h2-31,33-34H,32H2,1H3. The molecule has 0 radical (unpaired) electrons. The van der Waals surface area contributed by atoms with Gasteiger partial charge in [-0.3, -0.25) is 0 Å². The Balaban J connectivity index is 1.00. The summed E-state index contributed by atoms with van der Waals surface area (Å²) in [5.74, 6) is 0.